The normalized spacial score (nSPS) is 14.3. The summed E-state index contributed by atoms with van der Waals surface area (Å²) in [7, 11) is 0. The van der Waals surface area contributed by atoms with Crippen molar-refractivity contribution < 1.29 is 9.53 Å². The lowest BCUT2D eigenvalue weighted by molar-refractivity contribution is -0.149. The Kier molecular flexibility index (Phi) is 5.44. The van der Waals surface area contributed by atoms with Crippen LogP contribution in [0.4, 0.5) is 0 Å². The molecule has 2 heteroatoms. The second-order valence-corrected chi connectivity index (χ2v) is 6.88. The van der Waals surface area contributed by atoms with Gasteiger partial charge in [-0.1, -0.05) is 41.2 Å². The van der Waals surface area contributed by atoms with Crippen molar-refractivity contribution in [3.05, 3.63) is 12.2 Å². The molecule has 0 fully saturated rings. The highest BCUT2D eigenvalue weighted by atomic mass is 16.5. The van der Waals surface area contributed by atoms with Gasteiger partial charge in [0.25, 0.3) is 0 Å². The lowest BCUT2D eigenvalue weighted by atomic mass is 9.77. The highest BCUT2D eigenvalue weighted by molar-refractivity contribution is 5.87. The van der Waals surface area contributed by atoms with E-state index in [1.807, 2.05) is 6.92 Å². The Morgan fingerprint density at radius 3 is 2.00 bits per heavy atom. The minimum Gasteiger partial charge on any atom is -0.459 e. The first-order valence-corrected chi connectivity index (χ1v) is 6.32. The molecule has 0 aliphatic rings. The Hall–Kier alpha value is -0.790. The fourth-order valence-corrected chi connectivity index (χ4v) is 1.32. The monoisotopic (exact) mass is 240 g/mol. The number of carbonyl (C=O) groups is 1. The quantitative estimate of drug-likeness (QED) is 0.527. The molecule has 2 nitrogen and oxygen atoms in total. The van der Waals surface area contributed by atoms with Crippen molar-refractivity contribution in [3.63, 3.8) is 0 Å². The Bertz CT molecular complexity index is 282. The molecule has 1 unspecified atom stereocenters. The van der Waals surface area contributed by atoms with Gasteiger partial charge in [-0.05, 0) is 32.1 Å². The van der Waals surface area contributed by atoms with Crippen molar-refractivity contribution in [3.8, 4) is 0 Å². The van der Waals surface area contributed by atoms with E-state index in [1.54, 1.807) is 6.92 Å². The van der Waals surface area contributed by atoms with Crippen molar-refractivity contribution in [2.75, 3.05) is 0 Å². The molecule has 0 aliphatic heterocycles. The van der Waals surface area contributed by atoms with Gasteiger partial charge in [0, 0.05) is 11.0 Å². The minimum atomic E-state index is -0.290. The molecule has 0 amide bonds. The zero-order chi connectivity index (χ0) is 13.9. The van der Waals surface area contributed by atoms with E-state index < -0.39 is 0 Å². The summed E-state index contributed by atoms with van der Waals surface area (Å²) >= 11 is 0. The summed E-state index contributed by atoms with van der Waals surface area (Å²) in [6, 6.07) is 0. The minimum absolute atomic E-state index is 0.00160. The van der Waals surface area contributed by atoms with E-state index in [0.717, 1.165) is 12.8 Å². The Morgan fingerprint density at radius 1 is 1.18 bits per heavy atom. The zero-order valence-electron chi connectivity index (χ0n) is 12.5. The number of rotatable bonds is 5. The summed E-state index contributed by atoms with van der Waals surface area (Å²) in [5, 5.41) is 0. The highest BCUT2D eigenvalue weighted by Crippen LogP contribution is 2.34. The Morgan fingerprint density at radius 2 is 1.65 bits per heavy atom. The summed E-state index contributed by atoms with van der Waals surface area (Å²) in [5.74, 6) is -0.290. The van der Waals surface area contributed by atoms with Crippen LogP contribution in [0.1, 0.15) is 61.3 Å². The number of ether oxygens (including phenoxy) is 1. The van der Waals surface area contributed by atoms with E-state index in [1.165, 1.54) is 0 Å². The van der Waals surface area contributed by atoms with Gasteiger partial charge >= 0.3 is 5.97 Å². The van der Waals surface area contributed by atoms with Crippen LogP contribution in [-0.2, 0) is 9.53 Å². The van der Waals surface area contributed by atoms with E-state index >= 15 is 0 Å². The lowest BCUT2D eigenvalue weighted by Crippen LogP contribution is -2.32. The maximum atomic E-state index is 11.5. The standard InChI is InChI=1S/C15H28O2/c1-11(2)13(16)17-12(3)15(7,8)10-9-14(4,5)6/h12H,1,9-10H2,2-8H3. The molecule has 1 atom stereocenters. The van der Waals surface area contributed by atoms with Crippen molar-refractivity contribution in [1.29, 1.82) is 0 Å². The van der Waals surface area contributed by atoms with E-state index in [4.69, 9.17) is 4.74 Å². The van der Waals surface area contributed by atoms with Crippen LogP contribution in [0.3, 0.4) is 0 Å². The third-order valence-corrected chi connectivity index (χ3v) is 3.25. The van der Waals surface area contributed by atoms with Crippen LogP contribution < -0.4 is 0 Å². The third kappa shape index (κ3) is 6.50. The third-order valence-electron chi connectivity index (χ3n) is 3.25. The van der Waals surface area contributed by atoms with Crippen molar-refractivity contribution in [2.24, 2.45) is 10.8 Å². The fourth-order valence-electron chi connectivity index (χ4n) is 1.32. The van der Waals surface area contributed by atoms with Crippen LogP contribution >= 0.6 is 0 Å². The van der Waals surface area contributed by atoms with Gasteiger partial charge < -0.3 is 4.74 Å². The first kappa shape index (κ1) is 16.2. The van der Waals surface area contributed by atoms with Gasteiger partial charge in [0.2, 0.25) is 0 Å². The second-order valence-electron chi connectivity index (χ2n) is 6.88. The maximum absolute atomic E-state index is 11.5. The van der Waals surface area contributed by atoms with Gasteiger partial charge in [-0.15, -0.1) is 0 Å². The van der Waals surface area contributed by atoms with Gasteiger partial charge in [0.05, 0.1) is 0 Å². The summed E-state index contributed by atoms with van der Waals surface area (Å²) in [5.41, 5.74) is 0.775. The first-order chi connectivity index (χ1) is 7.46. The van der Waals surface area contributed by atoms with Gasteiger partial charge in [-0.2, -0.15) is 0 Å². The average Bonchev–Trinajstić information content (AvgIpc) is 2.13. The first-order valence-electron chi connectivity index (χ1n) is 6.32. The van der Waals surface area contributed by atoms with Crippen molar-refractivity contribution in [2.45, 2.75) is 67.4 Å². The molecule has 100 valence electrons. The molecule has 0 radical (unpaired) electrons. The van der Waals surface area contributed by atoms with Crippen molar-refractivity contribution >= 4 is 5.97 Å². The molecule has 0 aromatic heterocycles. The van der Waals surface area contributed by atoms with Crippen LogP contribution in [0.25, 0.3) is 0 Å². The van der Waals surface area contributed by atoms with Gasteiger partial charge in [-0.25, -0.2) is 4.79 Å². The van der Waals surface area contributed by atoms with E-state index in [9.17, 15) is 4.79 Å². The smallest absolute Gasteiger partial charge is 0.333 e. The molecule has 0 rings (SSSR count). The molecule has 0 aromatic carbocycles. The Labute approximate surface area is 106 Å². The topological polar surface area (TPSA) is 26.3 Å². The zero-order valence-corrected chi connectivity index (χ0v) is 12.5. The molecule has 0 bridgehead atoms. The van der Waals surface area contributed by atoms with E-state index in [0.29, 0.717) is 11.0 Å². The van der Waals surface area contributed by atoms with Gasteiger partial charge in [0.15, 0.2) is 0 Å². The summed E-state index contributed by atoms with van der Waals surface area (Å²) in [6.45, 7) is 18.2. The molecule has 0 aromatic rings. The summed E-state index contributed by atoms with van der Waals surface area (Å²) in [4.78, 5) is 11.5. The average molecular weight is 240 g/mol. The summed E-state index contributed by atoms with van der Waals surface area (Å²) < 4.78 is 5.40. The molecule has 0 N–H and O–H groups in total. The van der Waals surface area contributed by atoms with E-state index in [2.05, 4.69) is 41.2 Å². The predicted octanol–water partition coefficient (Wildman–Crippen LogP) is 4.35. The molecular weight excluding hydrogens is 212 g/mol. The largest absolute Gasteiger partial charge is 0.459 e. The number of esters is 1. The number of carbonyl (C=O) groups excluding carboxylic acids is 1. The van der Waals surface area contributed by atoms with Gasteiger partial charge in [0.1, 0.15) is 6.10 Å². The van der Waals surface area contributed by atoms with Crippen LogP contribution in [0.15, 0.2) is 12.2 Å². The second kappa shape index (κ2) is 5.70. The lowest BCUT2D eigenvalue weighted by Gasteiger charge is -2.33. The molecular formula is C15H28O2. The van der Waals surface area contributed by atoms with E-state index in [-0.39, 0.29) is 17.5 Å². The van der Waals surface area contributed by atoms with Crippen LogP contribution in [0.5, 0.6) is 0 Å². The molecule has 0 saturated carbocycles. The van der Waals surface area contributed by atoms with Crippen molar-refractivity contribution in [1.82, 2.24) is 0 Å². The number of hydrogen-bond donors (Lipinski definition) is 0. The summed E-state index contributed by atoms with van der Waals surface area (Å²) in [6.07, 6.45) is 2.07. The van der Waals surface area contributed by atoms with Crippen LogP contribution in [-0.4, -0.2) is 12.1 Å². The molecule has 0 heterocycles. The van der Waals surface area contributed by atoms with Crippen LogP contribution in [0, 0.1) is 10.8 Å². The highest BCUT2D eigenvalue weighted by Gasteiger charge is 2.30. The molecule has 0 aliphatic carbocycles. The predicted molar refractivity (Wildman–Crippen MR) is 72.8 cm³/mol. The fraction of sp³-hybridized carbons (Fsp3) is 0.800. The van der Waals surface area contributed by atoms with Gasteiger partial charge in [-0.3, -0.25) is 0 Å². The maximum Gasteiger partial charge on any atom is 0.333 e. The molecule has 17 heavy (non-hydrogen) atoms. The van der Waals surface area contributed by atoms with Crippen LogP contribution in [0.2, 0.25) is 0 Å². The molecule has 0 saturated heterocycles. The Balaban J connectivity index is 4.39. The SMILES string of the molecule is C=C(C)C(=O)OC(C)C(C)(C)CCC(C)(C)C. The molecule has 0 spiro atoms. The number of hydrogen-bond acceptors (Lipinski definition) is 2.